The number of carbonyl (C=O) groups is 2. The third-order valence-electron chi connectivity index (χ3n) is 6.06. The molecule has 0 saturated carbocycles. The summed E-state index contributed by atoms with van der Waals surface area (Å²) in [5.74, 6) is 1.00. The first-order valence-corrected chi connectivity index (χ1v) is 13.1. The molecule has 0 aromatic heterocycles. The Hall–Kier alpha value is -4.85. The standard InChI is InChI=1S/C32H32N2O6/c1-4-5-19-38-26-16-14-25(15-17-26)32(36)40-29-18-13-23(20-30(29)37-3)21-33-34-31(35)22(2)39-28-12-8-10-24-9-6-7-11-27(24)28/h6-18,20-22H,4-5,19H2,1-3H3,(H,34,35)/b33-21+. The van der Waals surface area contributed by atoms with Gasteiger partial charge in [0.25, 0.3) is 5.91 Å². The highest BCUT2D eigenvalue weighted by atomic mass is 16.6. The van der Waals surface area contributed by atoms with Gasteiger partial charge < -0.3 is 18.9 Å². The van der Waals surface area contributed by atoms with Crippen molar-refractivity contribution in [3.8, 4) is 23.0 Å². The van der Waals surface area contributed by atoms with Crippen molar-refractivity contribution in [2.24, 2.45) is 5.10 Å². The van der Waals surface area contributed by atoms with Crippen molar-refractivity contribution >= 4 is 28.9 Å². The molecule has 1 atom stereocenters. The van der Waals surface area contributed by atoms with Gasteiger partial charge in [0.05, 0.1) is 25.5 Å². The van der Waals surface area contributed by atoms with Gasteiger partial charge in [-0.05, 0) is 72.8 Å². The summed E-state index contributed by atoms with van der Waals surface area (Å²) in [7, 11) is 1.48. The fourth-order valence-electron chi connectivity index (χ4n) is 3.83. The third-order valence-corrected chi connectivity index (χ3v) is 6.06. The monoisotopic (exact) mass is 540 g/mol. The van der Waals surface area contributed by atoms with Gasteiger partial charge in [0.1, 0.15) is 11.5 Å². The summed E-state index contributed by atoms with van der Waals surface area (Å²) in [6.07, 6.45) is 2.72. The number of hydrazone groups is 1. The number of nitrogens with zero attached hydrogens (tertiary/aromatic N) is 1. The van der Waals surface area contributed by atoms with E-state index in [0.717, 1.165) is 23.6 Å². The molecule has 0 bridgehead atoms. The summed E-state index contributed by atoms with van der Waals surface area (Å²) in [5, 5.41) is 5.99. The lowest BCUT2D eigenvalue weighted by Crippen LogP contribution is -2.33. The Morgan fingerprint density at radius 3 is 2.48 bits per heavy atom. The number of fused-ring (bicyclic) bond motifs is 1. The lowest BCUT2D eigenvalue weighted by atomic mass is 10.1. The van der Waals surface area contributed by atoms with Crippen molar-refractivity contribution in [2.75, 3.05) is 13.7 Å². The molecule has 0 aliphatic heterocycles. The van der Waals surface area contributed by atoms with E-state index >= 15 is 0 Å². The number of hydrogen-bond donors (Lipinski definition) is 1. The predicted octanol–water partition coefficient (Wildman–Crippen LogP) is 6.16. The van der Waals surface area contributed by atoms with Crippen molar-refractivity contribution in [2.45, 2.75) is 32.8 Å². The second kappa shape index (κ2) is 13.8. The molecule has 4 rings (SSSR count). The third kappa shape index (κ3) is 7.38. The smallest absolute Gasteiger partial charge is 0.343 e. The van der Waals surface area contributed by atoms with E-state index in [-0.39, 0.29) is 5.75 Å². The van der Waals surface area contributed by atoms with E-state index in [1.165, 1.54) is 13.3 Å². The Balaban J connectivity index is 1.33. The molecule has 40 heavy (non-hydrogen) atoms. The van der Waals surface area contributed by atoms with Crippen molar-refractivity contribution in [1.29, 1.82) is 0 Å². The highest BCUT2D eigenvalue weighted by Crippen LogP contribution is 2.29. The van der Waals surface area contributed by atoms with Crippen molar-refractivity contribution in [1.82, 2.24) is 5.43 Å². The lowest BCUT2D eigenvalue weighted by Gasteiger charge is -2.14. The molecule has 1 amide bonds. The van der Waals surface area contributed by atoms with E-state index in [1.54, 1.807) is 49.4 Å². The maximum absolute atomic E-state index is 12.6. The van der Waals surface area contributed by atoms with Crippen LogP contribution in [-0.2, 0) is 4.79 Å². The summed E-state index contributed by atoms with van der Waals surface area (Å²) in [4.78, 5) is 25.2. The first-order valence-electron chi connectivity index (χ1n) is 13.1. The Labute approximate surface area is 233 Å². The number of amides is 1. The Kier molecular flexibility index (Phi) is 9.72. The molecular formula is C32H32N2O6. The van der Waals surface area contributed by atoms with Gasteiger partial charge in [-0.3, -0.25) is 4.79 Å². The normalized spacial score (nSPS) is 11.7. The topological polar surface area (TPSA) is 95.5 Å². The SMILES string of the molecule is CCCCOc1ccc(C(=O)Oc2ccc(/C=N/NC(=O)C(C)Oc3cccc4ccccc34)cc2OC)cc1. The molecule has 1 N–H and O–H groups in total. The van der Waals surface area contributed by atoms with Gasteiger partial charge in [0.2, 0.25) is 0 Å². The van der Waals surface area contributed by atoms with Gasteiger partial charge in [0, 0.05) is 5.39 Å². The number of unbranched alkanes of at least 4 members (excludes halogenated alkanes) is 1. The molecule has 0 saturated heterocycles. The molecule has 0 aliphatic carbocycles. The van der Waals surface area contributed by atoms with Gasteiger partial charge >= 0.3 is 5.97 Å². The Morgan fingerprint density at radius 2 is 1.70 bits per heavy atom. The van der Waals surface area contributed by atoms with Crippen LogP contribution in [0.25, 0.3) is 10.8 Å². The van der Waals surface area contributed by atoms with Crippen LogP contribution in [-0.4, -0.2) is 37.9 Å². The number of benzene rings is 4. The molecule has 8 nitrogen and oxygen atoms in total. The van der Waals surface area contributed by atoms with Crippen LogP contribution in [0.15, 0.2) is 90.0 Å². The van der Waals surface area contributed by atoms with E-state index in [9.17, 15) is 9.59 Å². The molecule has 1 unspecified atom stereocenters. The number of methoxy groups -OCH3 is 1. The maximum atomic E-state index is 12.6. The summed E-state index contributed by atoms with van der Waals surface area (Å²) < 4.78 is 22.5. The molecule has 0 fully saturated rings. The van der Waals surface area contributed by atoms with Crippen LogP contribution in [0.4, 0.5) is 0 Å². The van der Waals surface area contributed by atoms with Gasteiger partial charge in [-0.15, -0.1) is 0 Å². The highest BCUT2D eigenvalue weighted by Gasteiger charge is 2.16. The predicted molar refractivity (Wildman–Crippen MR) is 155 cm³/mol. The molecule has 8 heteroatoms. The van der Waals surface area contributed by atoms with E-state index in [4.69, 9.17) is 18.9 Å². The second-order valence-electron chi connectivity index (χ2n) is 9.00. The molecule has 4 aromatic rings. The van der Waals surface area contributed by atoms with Crippen molar-refractivity contribution in [3.05, 3.63) is 96.1 Å². The number of ether oxygens (including phenoxy) is 4. The fraction of sp³-hybridized carbons (Fsp3) is 0.219. The van der Waals surface area contributed by atoms with E-state index in [2.05, 4.69) is 17.5 Å². The Bertz CT molecular complexity index is 1480. The molecule has 0 spiro atoms. The first kappa shape index (κ1) is 28.2. The molecule has 0 heterocycles. The second-order valence-corrected chi connectivity index (χ2v) is 9.00. The zero-order chi connectivity index (χ0) is 28.3. The van der Waals surface area contributed by atoms with Crippen LogP contribution >= 0.6 is 0 Å². The maximum Gasteiger partial charge on any atom is 0.343 e. The zero-order valence-corrected chi connectivity index (χ0v) is 22.8. The van der Waals surface area contributed by atoms with E-state index in [0.29, 0.717) is 35.0 Å². The van der Waals surface area contributed by atoms with Gasteiger partial charge in [-0.2, -0.15) is 5.10 Å². The average Bonchev–Trinajstić information content (AvgIpc) is 2.98. The summed E-state index contributed by atoms with van der Waals surface area (Å²) in [5.41, 5.74) is 3.51. The van der Waals surface area contributed by atoms with Crippen LogP contribution in [0.5, 0.6) is 23.0 Å². The number of rotatable bonds is 12. The van der Waals surface area contributed by atoms with Gasteiger partial charge in [-0.1, -0.05) is 49.7 Å². The summed E-state index contributed by atoms with van der Waals surface area (Å²) >= 11 is 0. The fourth-order valence-corrected chi connectivity index (χ4v) is 3.83. The van der Waals surface area contributed by atoms with Gasteiger partial charge in [-0.25, -0.2) is 10.2 Å². The van der Waals surface area contributed by atoms with E-state index < -0.39 is 18.0 Å². The minimum Gasteiger partial charge on any atom is -0.494 e. The van der Waals surface area contributed by atoms with Gasteiger partial charge in [0.15, 0.2) is 17.6 Å². The quantitative estimate of drug-likeness (QED) is 0.0760. The van der Waals surface area contributed by atoms with Crippen LogP contribution < -0.4 is 24.4 Å². The van der Waals surface area contributed by atoms with Crippen LogP contribution in [0.1, 0.15) is 42.6 Å². The number of carbonyl (C=O) groups excluding carboxylic acids is 2. The molecule has 0 aliphatic rings. The number of nitrogens with one attached hydrogen (secondary N) is 1. The number of hydrogen-bond acceptors (Lipinski definition) is 7. The van der Waals surface area contributed by atoms with Crippen molar-refractivity contribution in [3.63, 3.8) is 0 Å². The molecule has 0 radical (unpaired) electrons. The van der Waals surface area contributed by atoms with Crippen molar-refractivity contribution < 1.29 is 28.5 Å². The largest absolute Gasteiger partial charge is 0.494 e. The lowest BCUT2D eigenvalue weighted by molar-refractivity contribution is -0.127. The van der Waals surface area contributed by atoms with Crippen LogP contribution in [0.3, 0.4) is 0 Å². The molecular weight excluding hydrogens is 508 g/mol. The summed E-state index contributed by atoms with van der Waals surface area (Å²) in [6.45, 7) is 4.39. The van der Waals surface area contributed by atoms with Crippen LogP contribution in [0, 0.1) is 0 Å². The Morgan fingerprint density at radius 1 is 0.925 bits per heavy atom. The minimum atomic E-state index is -0.767. The first-order chi connectivity index (χ1) is 19.5. The summed E-state index contributed by atoms with van der Waals surface area (Å²) in [6, 6.07) is 25.3. The van der Waals surface area contributed by atoms with Crippen LogP contribution in [0.2, 0.25) is 0 Å². The number of esters is 1. The molecule has 4 aromatic carbocycles. The van der Waals surface area contributed by atoms with E-state index in [1.807, 2.05) is 42.5 Å². The highest BCUT2D eigenvalue weighted by molar-refractivity contribution is 5.92. The minimum absolute atomic E-state index is 0.258. The zero-order valence-electron chi connectivity index (χ0n) is 22.8. The molecule has 206 valence electrons. The average molecular weight is 541 g/mol.